The Morgan fingerprint density at radius 2 is 1.89 bits per heavy atom. The molecule has 0 atom stereocenters. The van der Waals surface area contributed by atoms with Gasteiger partial charge in [-0.3, -0.25) is 19.7 Å². The van der Waals surface area contributed by atoms with Gasteiger partial charge in [0.05, 0.1) is 37.1 Å². The predicted octanol–water partition coefficient (Wildman–Crippen LogP) is 3.59. The van der Waals surface area contributed by atoms with Crippen molar-refractivity contribution in [3.8, 4) is 11.5 Å². The van der Waals surface area contributed by atoms with Crippen LogP contribution in [0.1, 0.15) is 23.9 Å². The molecule has 13 heteroatoms. The summed E-state index contributed by atoms with van der Waals surface area (Å²) in [6.07, 6.45) is 3.06. The first kappa shape index (κ1) is 28.2. The Kier molecular flexibility index (Phi) is 9.82. The highest BCUT2D eigenvalue weighted by atomic mass is 32.2. The molecule has 2 N–H and O–H groups in total. The van der Waals surface area contributed by atoms with E-state index in [-0.39, 0.29) is 29.8 Å². The van der Waals surface area contributed by atoms with Crippen LogP contribution >= 0.6 is 11.8 Å². The molecule has 0 aliphatic carbocycles. The molecule has 0 fully saturated rings. The van der Waals surface area contributed by atoms with Gasteiger partial charge in [0.25, 0.3) is 5.69 Å². The number of methoxy groups -OCH3 is 2. The van der Waals surface area contributed by atoms with E-state index in [1.54, 1.807) is 56.1 Å². The summed E-state index contributed by atoms with van der Waals surface area (Å²) in [7, 11) is 3.09. The summed E-state index contributed by atoms with van der Waals surface area (Å²) in [4.78, 5) is 35.3. The van der Waals surface area contributed by atoms with Gasteiger partial charge in [0.1, 0.15) is 0 Å². The van der Waals surface area contributed by atoms with Crippen molar-refractivity contribution in [3.63, 3.8) is 0 Å². The molecule has 1 heterocycles. The first-order chi connectivity index (χ1) is 18.2. The van der Waals surface area contributed by atoms with Crippen LogP contribution < -0.4 is 20.1 Å². The molecule has 38 heavy (non-hydrogen) atoms. The summed E-state index contributed by atoms with van der Waals surface area (Å²) < 4.78 is 12.3. The Labute approximate surface area is 223 Å². The van der Waals surface area contributed by atoms with Crippen LogP contribution in [0, 0.1) is 17.0 Å². The van der Waals surface area contributed by atoms with Gasteiger partial charge < -0.3 is 24.7 Å². The first-order valence-electron chi connectivity index (χ1n) is 11.5. The molecule has 12 nitrogen and oxygen atoms in total. The van der Waals surface area contributed by atoms with Gasteiger partial charge in [-0.05, 0) is 43.2 Å². The van der Waals surface area contributed by atoms with Gasteiger partial charge >= 0.3 is 0 Å². The van der Waals surface area contributed by atoms with E-state index in [9.17, 15) is 19.7 Å². The van der Waals surface area contributed by atoms with Crippen LogP contribution in [0.4, 0.5) is 11.4 Å². The molecule has 3 rings (SSSR count). The second-order valence-electron chi connectivity index (χ2n) is 7.90. The number of amides is 2. The minimum absolute atomic E-state index is 0.0285. The number of hydrogen-bond acceptors (Lipinski definition) is 9. The van der Waals surface area contributed by atoms with Gasteiger partial charge in [-0.15, -0.1) is 10.2 Å². The zero-order chi connectivity index (χ0) is 27.7. The number of carbonyl (C=O) groups is 2. The van der Waals surface area contributed by atoms with Crippen molar-refractivity contribution in [2.75, 3.05) is 25.3 Å². The lowest BCUT2D eigenvalue weighted by atomic mass is 10.2. The Morgan fingerprint density at radius 3 is 2.58 bits per heavy atom. The van der Waals surface area contributed by atoms with Gasteiger partial charge in [0.15, 0.2) is 22.5 Å². The maximum atomic E-state index is 12.5. The largest absolute Gasteiger partial charge is 0.493 e. The van der Waals surface area contributed by atoms with Gasteiger partial charge in [0.2, 0.25) is 11.8 Å². The standard InChI is InChI=1S/C25H28N6O6S/c1-5-30-22(14-26-23(32)11-8-17-7-10-20(36-3)21(12-17)37-4)28-29-25(30)38-15-24(33)27-19-13-18(31(34)35)9-6-16(19)2/h6-13H,5,14-15H2,1-4H3,(H,26,32)(H,27,33)/b11-8+. The lowest BCUT2D eigenvalue weighted by molar-refractivity contribution is -0.384. The number of hydrogen-bond donors (Lipinski definition) is 2. The van der Waals surface area contributed by atoms with Crippen LogP contribution in [0.15, 0.2) is 47.6 Å². The molecule has 0 bridgehead atoms. The second kappa shape index (κ2) is 13.2. The lowest BCUT2D eigenvalue weighted by Gasteiger charge is -2.09. The highest BCUT2D eigenvalue weighted by molar-refractivity contribution is 7.99. The Balaban J connectivity index is 1.56. The number of nitro groups is 1. The highest BCUT2D eigenvalue weighted by Gasteiger charge is 2.15. The van der Waals surface area contributed by atoms with E-state index in [0.717, 1.165) is 5.56 Å². The van der Waals surface area contributed by atoms with Crippen molar-refractivity contribution < 1.29 is 24.0 Å². The molecule has 0 radical (unpaired) electrons. The van der Waals surface area contributed by atoms with E-state index in [2.05, 4.69) is 20.8 Å². The number of thioether (sulfide) groups is 1. The van der Waals surface area contributed by atoms with Gasteiger partial charge in [-0.2, -0.15) is 0 Å². The zero-order valence-corrected chi connectivity index (χ0v) is 22.2. The van der Waals surface area contributed by atoms with Crippen molar-refractivity contribution in [1.82, 2.24) is 20.1 Å². The molecule has 0 saturated heterocycles. The second-order valence-corrected chi connectivity index (χ2v) is 8.84. The predicted molar refractivity (Wildman–Crippen MR) is 143 cm³/mol. The molecule has 0 saturated carbocycles. The van der Waals surface area contributed by atoms with Gasteiger partial charge in [0, 0.05) is 24.8 Å². The minimum atomic E-state index is -0.514. The van der Waals surface area contributed by atoms with E-state index in [0.29, 0.717) is 40.3 Å². The molecule has 0 spiro atoms. The number of aryl methyl sites for hydroxylation is 1. The number of carbonyl (C=O) groups excluding carboxylic acids is 2. The van der Waals surface area contributed by atoms with Crippen molar-refractivity contribution in [2.24, 2.45) is 0 Å². The Hall–Kier alpha value is -4.39. The number of aromatic nitrogens is 3. The third kappa shape index (κ3) is 7.32. The van der Waals surface area contributed by atoms with Crippen molar-refractivity contribution in [2.45, 2.75) is 32.1 Å². The molecule has 0 unspecified atom stereocenters. The van der Waals surface area contributed by atoms with Crippen molar-refractivity contribution in [1.29, 1.82) is 0 Å². The van der Waals surface area contributed by atoms with Crippen LogP contribution in [0.3, 0.4) is 0 Å². The quantitative estimate of drug-likeness (QED) is 0.152. The summed E-state index contributed by atoms with van der Waals surface area (Å²) >= 11 is 1.18. The summed E-state index contributed by atoms with van der Waals surface area (Å²) in [5, 5.41) is 25.3. The fraction of sp³-hybridized carbons (Fsp3) is 0.280. The summed E-state index contributed by atoms with van der Waals surface area (Å²) in [6, 6.07) is 9.61. The molecule has 0 aliphatic heterocycles. The fourth-order valence-corrected chi connectivity index (χ4v) is 4.22. The lowest BCUT2D eigenvalue weighted by Crippen LogP contribution is -2.22. The number of anilines is 1. The van der Waals surface area contributed by atoms with E-state index in [4.69, 9.17) is 9.47 Å². The number of nitro benzene ring substituents is 1. The number of non-ortho nitro benzene ring substituents is 1. The molecular formula is C25H28N6O6S. The van der Waals surface area contributed by atoms with E-state index < -0.39 is 4.92 Å². The molecular weight excluding hydrogens is 512 g/mol. The zero-order valence-electron chi connectivity index (χ0n) is 21.4. The van der Waals surface area contributed by atoms with Crippen LogP contribution in [0.2, 0.25) is 0 Å². The average Bonchev–Trinajstić information content (AvgIpc) is 3.32. The Morgan fingerprint density at radius 1 is 1.13 bits per heavy atom. The van der Waals surface area contributed by atoms with Crippen LogP contribution in [-0.4, -0.2) is 51.5 Å². The molecule has 0 aliphatic rings. The van der Waals surface area contributed by atoms with E-state index in [1.165, 1.54) is 30.0 Å². The van der Waals surface area contributed by atoms with Crippen molar-refractivity contribution in [3.05, 3.63) is 69.5 Å². The molecule has 2 aromatic carbocycles. The van der Waals surface area contributed by atoms with Crippen LogP contribution in [0.25, 0.3) is 6.08 Å². The molecule has 3 aromatic rings. The maximum Gasteiger partial charge on any atom is 0.271 e. The maximum absolute atomic E-state index is 12.5. The highest BCUT2D eigenvalue weighted by Crippen LogP contribution is 2.28. The number of nitrogens with zero attached hydrogens (tertiary/aromatic N) is 4. The smallest absolute Gasteiger partial charge is 0.271 e. The van der Waals surface area contributed by atoms with Crippen LogP contribution in [-0.2, 0) is 22.7 Å². The fourth-order valence-electron chi connectivity index (χ4n) is 3.40. The summed E-state index contributed by atoms with van der Waals surface area (Å²) in [5.74, 6) is 1.08. The van der Waals surface area contributed by atoms with Gasteiger partial charge in [-0.25, -0.2) is 0 Å². The Bertz CT molecular complexity index is 1360. The van der Waals surface area contributed by atoms with E-state index in [1.807, 2.05) is 6.92 Å². The summed E-state index contributed by atoms with van der Waals surface area (Å²) in [5.41, 5.74) is 1.76. The average molecular weight is 541 g/mol. The number of rotatable bonds is 12. The van der Waals surface area contributed by atoms with E-state index >= 15 is 0 Å². The normalized spacial score (nSPS) is 10.8. The molecule has 200 valence electrons. The van der Waals surface area contributed by atoms with Gasteiger partial charge in [-0.1, -0.05) is 23.9 Å². The number of ether oxygens (including phenoxy) is 2. The number of benzene rings is 2. The monoisotopic (exact) mass is 540 g/mol. The van der Waals surface area contributed by atoms with Crippen molar-refractivity contribution >= 4 is 41.0 Å². The third-order valence-electron chi connectivity index (χ3n) is 5.40. The number of nitrogens with one attached hydrogen (secondary N) is 2. The van der Waals surface area contributed by atoms with Crippen LogP contribution in [0.5, 0.6) is 11.5 Å². The SMILES string of the molecule is CCn1c(CNC(=O)/C=C/c2ccc(OC)c(OC)c2)nnc1SCC(=O)Nc1cc([N+](=O)[O-])ccc1C. The molecule has 2 amide bonds. The minimum Gasteiger partial charge on any atom is -0.493 e. The first-order valence-corrected chi connectivity index (χ1v) is 12.5. The third-order valence-corrected chi connectivity index (χ3v) is 6.37. The molecule has 1 aromatic heterocycles. The summed E-state index contributed by atoms with van der Waals surface area (Å²) in [6.45, 7) is 4.34. The topological polar surface area (TPSA) is 151 Å².